The van der Waals surface area contributed by atoms with Crippen molar-refractivity contribution in [2.45, 2.75) is 26.8 Å². The molecule has 0 aliphatic rings. The Hall–Kier alpha value is -3.11. The van der Waals surface area contributed by atoms with Crippen LogP contribution in [-0.2, 0) is 11.3 Å². The van der Waals surface area contributed by atoms with E-state index in [1.54, 1.807) is 24.3 Å². The van der Waals surface area contributed by atoms with Crippen molar-refractivity contribution < 1.29 is 19.4 Å². The second-order valence-electron chi connectivity index (χ2n) is 5.88. The summed E-state index contributed by atoms with van der Waals surface area (Å²) >= 11 is 0. The molecule has 7 heteroatoms. The van der Waals surface area contributed by atoms with Crippen LogP contribution in [0.25, 0.3) is 0 Å². The average Bonchev–Trinajstić information content (AvgIpc) is 2.67. The molecule has 0 radical (unpaired) electrons. The number of carbonyl (C=O) groups excluding carboxylic acids is 1. The molecule has 1 aromatic heterocycles. The Morgan fingerprint density at radius 1 is 1.30 bits per heavy atom. The minimum absolute atomic E-state index is 0.0484. The Bertz CT molecular complexity index is 923. The molecule has 7 nitrogen and oxygen atoms in total. The molecule has 0 saturated heterocycles. The Morgan fingerprint density at radius 2 is 1.96 bits per heavy atom. The molecular formula is C20H22N2O5. The predicted molar refractivity (Wildman–Crippen MR) is 99.4 cm³/mol. The van der Waals surface area contributed by atoms with Crippen LogP contribution < -0.4 is 10.3 Å². The topological polar surface area (TPSA) is 102 Å². The molecule has 0 saturated carbocycles. The highest BCUT2D eigenvalue weighted by Gasteiger charge is 2.24. The van der Waals surface area contributed by atoms with Crippen molar-refractivity contribution >= 4 is 5.78 Å². The molecule has 1 N–H and O–H groups in total. The number of rotatable bonds is 8. The summed E-state index contributed by atoms with van der Waals surface area (Å²) in [6.07, 6.45) is 0.464. The van der Waals surface area contributed by atoms with Crippen LogP contribution in [0, 0.1) is 18.3 Å². The molecule has 0 aliphatic carbocycles. The van der Waals surface area contributed by atoms with E-state index in [1.165, 1.54) is 14.0 Å². The fraction of sp³-hybridized carbons (Fsp3) is 0.350. The van der Waals surface area contributed by atoms with E-state index in [4.69, 9.17) is 9.47 Å². The molecule has 1 heterocycles. The summed E-state index contributed by atoms with van der Waals surface area (Å²) in [5, 5.41) is 20.0. The molecule has 2 aromatic rings. The number of methoxy groups -OCH3 is 1. The average molecular weight is 370 g/mol. The predicted octanol–water partition coefficient (Wildman–Crippen LogP) is 2.40. The van der Waals surface area contributed by atoms with E-state index in [2.05, 4.69) is 0 Å². The number of ether oxygens (including phenoxy) is 2. The van der Waals surface area contributed by atoms with Gasteiger partial charge in [0.2, 0.25) is 5.88 Å². The Labute approximate surface area is 157 Å². The van der Waals surface area contributed by atoms with Gasteiger partial charge in [-0.05, 0) is 50.1 Å². The third kappa shape index (κ3) is 4.18. The summed E-state index contributed by atoms with van der Waals surface area (Å²) in [5.41, 5.74) is -0.330. The second-order valence-corrected chi connectivity index (χ2v) is 5.88. The van der Waals surface area contributed by atoms with Crippen LogP contribution >= 0.6 is 0 Å². The van der Waals surface area contributed by atoms with Crippen molar-refractivity contribution in [3.05, 3.63) is 56.9 Å². The minimum atomic E-state index is -0.615. The fourth-order valence-electron chi connectivity index (χ4n) is 2.79. The van der Waals surface area contributed by atoms with Crippen molar-refractivity contribution in [1.29, 1.82) is 5.26 Å². The van der Waals surface area contributed by atoms with Gasteiger partial charge >= 0.3 is 0 Å². The minimum Gasteiger partial charge on any atom is -0.497 e. The number of ketones is 1. The third-order valence-electron chi connectivity index (χ3n) is 4.25. The van der Waals surface area contributed by atoms with Crippen LogP contribution in [0.1, 0.15) is 40.4 Å². The van der Waals surface area contributed by atoms with Crippen LogP contribution in [0.5, 0.6) is 11.6 Å². The number of benzene rings is 1. The van der Waals surface area contributed by atoms with Gasteiger partial charge < -0.3 is 14.6 Å². The molecule has 0 fully saturated rings. The Kier molecular flexibility index (Phi) is 6.74. The largest absolute Gasteiger partial charge is 0.497 e. The summed E-state index contributed by atoms with van der Waals surface area (Å²) in [6, 6.07) is 8.24. The maximum absolute atomic E-state index is 12.9. The smallest absolute Gasteiger partial charge is 0.271 e. The summed E-state index contributed by atoms with van der Waals surface area (Å²) in [4.78, 5) is 25.5. The maximum atomic E-state index is 12.9. The SMILES string of the molecule is CCOCCCn1c(O)c(C(=O)c2ccc(OC)cc2)c(C)c(C#N)c1=O. The quantitative estimate of drug-likeness (QED) is 0.565. The maximum Gasteiger partial charge on any atom is 0.271 e. The first-order valence-electron chi connectivity index (χ1n) is 8.59. The van der Waals surface area contributed by atoms with Crippen molar-refractivity contribution in [3.63, 3.8) is 0 Å². The van der Waals surface area contributed by atoms with E-state index in [-0.39, 0.29) is 23.2 Å². The van der Waals surface area contributed by atoms with E-state index in [9.17, 15) is 20.0 Å². The standard InChI is InChI=1S/C20H22N2O5/c1-4-27-11-5-10-22-19(24)16(12-21)13(2)17(20(22)25)18(23)14-6-8-15(26-3)9-7-14/h6-9,25H,4-5,10-11H2,1-3H3. The lowest BCUT2D eigenvalue weighted by molar-refractivity contribution is 0.103. The zero-order valence-corrected chi connectivity index (χ0v) is 15.6. The molecule has 1 aromatic carbocycles. The zero-order chi connectivity index (χ0) is 20.0. The van der Waals surface area contributed by atoms with Crippen LogP contribution in [-0.4, -0.2) is 35.8 Å². The molecule has 0 amide bonds. The molecule has 0 spiro atoms. The molecule has 0 aliphatic heterocycles. The summed E-state index contributed by atoms with van der Waals surface area (Å²) in [5.74, 6) is -0.317. The number of carbonyl (C=O) groups is 1. The van der Waals surface area contributed by atoms with Crippen molar-refractivity contribution in [1.82, 2.24) is 4.57 Å². The first-order chi connectivity index (χ1) is 13.0. The third-order valence-corrected chi connectivity index (χ3v) is 4.25. The number of hydrogen-bond donors (Lipinski definition) is 1. The highest BCUT2D eigenvalue weighted by Crippen LogP contribution is 2.26. The van der Waals surface area contributed by atoms with Gasteiger partial charge in [0, 0.05) is 25.3 Å². The molecule has 142 valence electrons. The number of aromatic hydroxyl groups is 1. The normalized spacial score (nSPS) is 10.4. The van der Waals surface area contributed by atoms with Crippen molar-refractivity contribution in [2.75, 3.05) is 20.3 Å². The first kappa shape index (κ1) is 20.2. The lowest BCUT2D eigenvalue weighted by atomic mass is 9.97. The summed E-state index contributed by atoms with van der Waals surface area (Å²) in [7, 11) is 1.52. The van der Waals surface area contributed by atoms with E-state index in [1.807, 2.05) is 13.0 Å². The van der Waals surface area contributed by atoms with Gasteiger partial charge in [-0.15, -0.1) is 0 Å². The Morgan fingerprint density at radius 3 is 2.52 bits per heavy atom. The van der Waals surface area contributed by atoms with Crippen LogP contribution in [0.15, 0.2) is 29.1 Å². The lowest BCUT2D eigenvalue weighted by Crippen LogP contribution is -2.27. The van der Waals surface area contributed by atoms with E-state index in [0.29, 0.717) is 30.9 Å². The van der Waals surface area contributed by atoms with Gasteiger partial charge in [-0.3, -0.25) is 14.2 Å². The number of nitrogens with zero attached hydrogens (tertiary/aromatic N) is 2. The van der Waals surface area contributed by atoms with E-state index < -0.39 is 17.2 Å². The monoisotopic (exact) mass is 370 g/mol. The highest BCUT2D eigenvalue weighted by molar-refractivity contribution is 6.11. The molecular weight excluding hydrogens is 348 g/mol. The van der Waals surface area contributed by atoms with Crippen molar-refractivity contribution in [3.8, 4) is 17.7 Å². The van der Waals surface area contributed by atoms with E-state index in [0.717, 1.165) is 4.57 Å². The second kappa shape index (κ2) is 9.01. The van der Waals surface area contributed by atoms with E-state index >= 15 is 0 Å². The van der Waals surface area contributed by atoms with Gasteiger partial charge in [-0.2, -0.15) is 5.26 Å². The number of nitriles is 1. The van der Waals surface area contributed by atoms with Crippen LogP contribution in [0.3, 0.4) is 0 Å². The lowest BCUT2D eigenvalue weighted by Gasteiger charge is -2.15. The zero-order valence-electron chi connectivity index (χ0n) is 15.6. The number of pyridine rings is 1. The van der Waals surface area contributed by atoms with Gasteiger partial charge in [0.05, 0.1) is 12.7 Å². The molecule has 27 heavy (non-hydrogen) atoms. The van der Waals surface area contributed by atoms with Gasteiger partial charge in [-0.1, -0.05) is 0 Å². The van der Waals surface area contributed by atoms with Crippen molar-refractivity contribution in [2.24, 2.45) is 0 Å². The highest BCUT2D eigenvalue weighted by atomic mass is 16.5. The fourth-order valence-corrected chi connectivity index (χ4v) is 2.79. The van der Waals surface area contributed by atoms with Crippen LogP contribution in [0.4, 0.5) is 0 Å². The van der Waals surface area contributed by atoms with Crippen LogP contribution in [0.2, 0.25) is 0 Å². The summed E-state index contributed by atoms with van der Waals surface area (Å²) in [6.45, 7) is 4.43. The Balaban J connectivity index is 2.52. The molecule has 0 unspecified atom stereocenters. The van der Waals surface area contributed by atoms with Gasteiger partial charge in [0.15, 0.2) is 5.78 Å². The molecule has 2 rings (SSSR count). The summed E-state index contributed by atoms with van der Waals surface area (Å²) < 4.78 is 11.4. The number of hydrogen-bond acceptors (Lipinski definition) is 6. The first-order valence-corrected chi connectivity index (χ1v) is 8.59. The van der Waals surface area contributed by atoms with Gasteiger partial charge in [0.25, 0.3) is 5.56 Å². The molecule has 0 atom stereocenters. The number of aromatic nitrogens is 1. The van der Waals surface area contributed by atoms with Gasteiger partial charge in [-0.25, -0.2) is 0 Å². The van der Waals surface area contributed by atoms with Gasteiger partial charge in [0.1, 0.15) is 17.4 Å². The molecule has 0 bridgehead atoms.